The molecule has 2 fully saturated rings. The molecule has 2 aromatic rings. The summed E-state index contributed by atoms with van der Waals surface area (Å²) >= 11 is 6.34. The lowest BCUT2D eigenvalue weighted by Crippen LogP contribution is -2.49. The van der Waals surface area contributed by atoms with Crippen LogP contribution in [0.25, 0.3) is 11.1 Å². The predicted molar refractivity (Wildman–Crippen MR) is 131 cm³/mol. The fraction of sp³-hybridized carbons (Fsp3) is 0.462. The van der Waals surface area contributed by atoms with Gasteiger partial charge in [-0.2, -0.15) is 0 Å². The lowest BCUT2D eigenvalue weighted by Gasteiger charge is -2.39. The summed E-state index contributed by atoms with van der Waals surface area (Å²) in [5, 5.41) is 13.0. The molecule has 8 heteroatoms. The van der Waals surface area contributed by atoms with E-state index in [1.165, 1.54) is 6.07 Å². The molecule has 2 bridgehead atoms. The molecule has 2 aliphatic heterocycles. The molecule has 0 radical (unpaired) electrons. The molecule has 2 N–H and O–H groups in total. The largest absolute Gasteiger partial charge is 0.508 e. The molecule has 182 valence electrons. The number of nitrogens with zero attached hydrogens (tertiary/aromatic N) is 1. The molecule has 0 aromatic heterocycles. The summed E-state index contributed by atoms with van der Waals surface area (Å²) in [7, 11) is 0. The third-order valence-electron chi connectivity index (χ3n) is 6.27. The Kier molecular flexibility index (Phi) is 6.94. The Balaban J connectivity index is 1.37. The van der Waals surface area contributed by atoms with Crippen molar-refractivity contribution in [3.8, 4) is 16.9 Å². The van der Waals surface area contributed by atoms with E-state index in [9.17, 15) is 14.7 Å². The van der Waals surface area contributed by atoms with Crippen molar-refractivity contribution in [3.05, 3.63) is 47.5 Å². The maximum atomic E-state index is 12.6. The fourth-order valence-electron chi connectivity index (χ4n) is 4.94. The van der Waals surface area contributed by atoms with Crippen LogP contribution in [0.4, 0.5) is 15.3 Å². The van der Waals surface area contributed by atoms with Crippen LogP contribution in [0.1, 0.15) is 46.5 Å². The van der Waals surface area contributed by atoms with Crippen molar-refractivity contribution >= 4 is 29.5 Å². The molecule has 34 heavy (non-hydrogen) atoms. The predicted octanol–water partition coefficient (Wildman–Crippen LogP) is 6.44. The number of piperidine rings is 1. The van der Waals surface area contributed by atoms with Crippen LogP contribution < -0.4 is 5.32 Å². The molecule has 2 heterocycles. The van der Waals surface area contributed by atoms with E-state index in [2.05, 4.69) is 5.32 Å². The number of benzene rings is 2. The molecule has 2 aliphatic rings. The minimum Gasteiger partial charge on any atom is -0.508 e. The van der Waals surface area contributed by atoms with Gasteiger partial charge in [0.05, 0.1) is 17.3 Å². The summed E-state index contributed by atoms with van der Waals surface area (Å²) in [6, 6.07) is 12.5. The van der Waals surface area contributed by atoms with Gasteiger partial charge in [-0.15, -0.1) is 0 Å². The van der Waals surface area contributed by atoms with Gasteiger partial charge >= 0.3 is 12.2 Å². The van der Waals surface area contributed by atoms with Crippen LogP contribution in [0.5, 0.6) is 5.75 Å². The first-order valence-corrected chi connectivity index (χ1v) is 12.0. The molecule has 2 saturated heterocycles. The maximum absolute atomic E-state index is 12.6. The molecule has 7 nitrogen and oxygen atoms in total. The molecular formula is C26H31ClN2O5. The third-order valence-corrected chi connectivity index (χ3v) is 6.57. The van der Waals surface area contributed by atoms with Crippen LogP contribution in [-0.2, 0) is 9.47 Å². The van der Waals surface area contributed by atoms with E-state index in [-0.39, 0.29) is 41.5 Å². The average molecular weight is 487 g/mol. The number of phenolic OH excluding ortho intramolecular Hbond substituents is 1. The molecular weight excluding hydrogens is 456 g/mol. The topological polar surface area (TPSA) is 88.1 Å². The summed E-state index contributed by atoms with van der Waals surface area (Å²) in [6.45, 7) is 5.87. The first kappa shape index (κ1) is 24.2. The van der Waals surface area contributed by atoms with Gasteiger partial charge in [0.2, 0.25) is 0 Å². The molecule has 0 spiro atoms. The van der Waals surface area contributed by atoms with E-state index >= 15 is 0 Å². The smallest absolute Gasteiger partial charge is 0.411 e. The molecule has 4 rings (SSSR count). The zero-order valence-electron chi connectivity index (χ0n) is 19.7. The van der Waals surface area contributed by atoms with Gasteiger partial charge in [-0.3, -0.25) is 5.32 Å². The fourth-order valence-corrected chi connectivity index (χ4v) is 5.20. The standard InChI is InChI=1S/C26H31ClN2O5/c1-26(2,3)34-25(32)29-18-9-10-19(29)12-16(11-18)15-33-24(31)28-23-21(13-20(30)14-22(23)27)17-7-5-4-6-8-17/h4-8,13-14,16,18-19,30H,9-12,15H2,1-3H3,(H,28,31). The number of ether oxygens (including phenoxy) is 2. The van der Waals surface area contributed by atoms with Crippen LogP contribution in [-0.4, -0.2) is 46.5 Å². The second-order valence-electron chi connectivity index (χ2n) is 10.0. The number of phenols is 1. The van der Waals surface area contributed by atoms with Gasteiger partial charge in [-0.05, 0) is 64.0 Å². The summed E-state index contributed by atoms with van der Waals surface area (Å²) in [5.41, 5.74) is 1.27. The Morgan fingerprint density at radius 3 is 2.38 bits per heavy atom. The zero-order valence-corrected chi connectivity index (χ0v) is 20.5. The molecule has 2 atom stereocenters. The van der Waals surface area contributed by atoms with Crippen LogP contribution in [0.15, 0.2) is 42.5 Å². The SMILES string of the molecule is CC(C)(C)OC(=O)N1C2CCC1CC(COC(=O)Nc1c(Cl)cc(O)cc1-c1ccccc1)C2. The second kappa shape index (κ2) is 9.74. The Hall–Kier alpha value is -2.93. The van der Waals surface area contributed by atoms with Crippen molar-refractivity contribution in [1.82, 2.24) is 4.90 Å². The number of hydrogen-bond acceptors (Lipinski definition) is 5. The molecule has 2 amide bonds. The van der Waals surface area contributed by atoms with E-state index in [1.807, 2.05) is 56.0 Å². The lowest BCUT2D eigenvalue weighted by molar-refractivity contribution is -0.00262. The quantitative estimate of drug-likeness (QED) is 0.485. The minimum atomic E-state index is -0.605. The average Bonchev–Trinajstić information content (AvgIpc) is 3.04. The van der Waals surface area contributed by atoms with Gasteiger partial charge in [0.1, 0.15) is 11.4 Å². The number of halogens is 1. The highest BCUT2D eigenvalue weighted by Gasteiger charge is 2.45. The van der Waals surface area contributed by atoms with Gasteiger partial charge < -0.3 is 19.5 Å². The van der Waals surface area contributed by atoms with Crippen molar-refractivity contribution in [2.24, 2.45) is 5.92 Å². The third kappa shape index (κ3) is 5.58. The number of nitrogens with one attached hydrogen (secondary N) is 1. The lowest BCUT2D eigenvalue weighted by atomic mass is 9.92. The Morgan fingerprint density at radius 1 is 1.12 bits per heavy atom. The number of amides is 2. The van der Waals surface area contributed by atoms with Gasteiger partial charge in [0, 0.05) is 23.7 Å². The summed E-state index contributed by atoms with van der Waals surface area (Å²) < 4.78 is 11.1. The summed E-state index contributed by atoms with van der Waals surface area (Å²) in [5.74, 6) is 0.181. The molecule has 2 unspecified atom stereocenters. The van der Waals surface area contributed by atoms with E-state index in [0.29, 0.717) is 11.3 Å². The van der Waals surface area contributed by atoms with Gasteiger partial charge in [0.25, 0.3) is 0 Å². The van der Waals surface area contributed by atoms with E-state index in [1.54, 1.807) is 6.07 Å². The van der Waals surface area contributed by atoms with Crippen molar-refractivity contribution in [2.75, 3.05) is 11.9 Å². The Morgan fingerprint density at radius 2 is 1.76 bits per heavy atom. The number of anilines is 1. The van der Waals surface area contributed by atoms with Crippen LogP contribution in [0.2, 0.25) is 5.02 Å². The van der Waals surface area contributed by atoms with E-state index in [0.717, 1.165) is 31.2 Å². The van der Waals surface area contributed by atoms with E-state index < -0.39 is 11.7 Å². The first-order valence-electron chi connectivity index (χ1n) is 11.6. The number of carbonyl (C=O) groups excluding carboxylic acids is 2. The van der Waals surface area contributed by atoms with Crippen LogP contribution in [0.3, 0.4) is 0 Å². The van der Waals surface area contributed by atoms with Gasteiger partial charge in [0.15, 0.2) is 0 Å². The number of aromatic hydroxyl groups is 1. The number of hydrogen-bond donors (Lipinski definition) is 2. The number of carbonyl (C=O) groups is 2. The van der Waals surface area contributed by atoms with Crippen LogP contribution in [0, 0.1) is 5.92 Å². The minimum absolute atomic E-state index is 0.00925. The Bertz CT molecular complexity index is 1040. The second-order valence-corrected chi connectivity index (χ2v) is 10.5. The number of fused-ring (bicyclic) bond motifs is 2. The van der Waals surface area contributed by atoms with Crippen molar-refractivity contribution < 1.29 is 24.2 Å². The van der Waals surface area contributed by atoms with E-state index in [4.69, 9.17) is 21.1 Å². The molecule has 0 saturated carbocycles. The van der Waals surface area contributed by atoms with Gasteiger partial charge in [-0.25, -0.2) is 9.59 Å². The van der Waals surface area contributed by atoms with Crippen molar-refractivity contribution in [3.63, 3.8) is 0 Å². The normalized spacial score (nSPS) is 21.8. The highest BCUT2D eigenvalue weighted by atomic mass is 35.5. The maximum Gasteiger partial charge on any atom is 0.411 e. The zero-order chi connectivity index (χ0) is 24.5. The Labute approximate surface area is 205 Å². The summed E-state index contributed by atoms with van der Waals surface area (Å²) in [6.07, 6.45) is 2.57. The summed E-state index contributed by atoms with van der Waals surface area (Å²) in [4.78, 5) is 27.2. The van der Waals surface area contributed by atoms with Crippen molar-refractivity contribution in [1.29, 1.82) is 0 Å². The highest BCUT2D eigenvalue weighted by Crippen LogP contribution is 2.40. The number of rotatable bonds is 4. The van der Waals surface area contributed by atoms with Crippen molar-refractivity contribution in [2.45, 2.75) is 64.1 Å². The molecule has 2 aromatic carbocycles. The highest BCUT2D eigenvalue weighted by molar-refractivity contribution is 6.34. The monoisotopic (exact) mass is 486 g/mol. The molecule has 0 aliphatic carbocycles. The first-order chi connectivity index (χ1) is 16.1. The van der Waals surface area contributed by atoms with Gasteiger partial charge in [-0.1, -0.05) is 41.9 Å². The van der Waals surface area contributed by atoms with Crippen LogP contribution >= 0.6 is 11.6 Å².